The predicted octanol–water partition coefficient (Wildman–Crippen LogP) is 6.32. The Balaban J connectivity index is 1.67. The van der Waals surface area contributed by atoms with E-state index in [9.17, 15) is 14.7 Å². The molecule has 3 aromatic rings. The van der Waals surface area contributed by atoms with Crippen molar-refractivity contribution < 1.29 is 24.2 Å². The van der Waals surface area contributed by atoms with Gasteiger partial charge in [0, 0.05) is 11.1 Å². The molecule has 0 aliphatic carbocycles. The number of carbonyl (C=O) groups excluding carboxylic acids is 2. The van der Waals surface area contributed by atoms with Gasteiger partial charge in [-0.1, -0.05) is 30.3 Å². The molecule has 0 saturated carbocycles. The molecule has 0 aliphatic rings. The Kier molecular flexibility index (Phi) is 9.22. The van der Waals surface area contributed by atoms with Crippen LogP contribution in [0.3, 0.4) is 0 Å². The van der Waals surface area contributed by atoms with Crippen molar-refractivity contribution in [3.63, 3.8) is 0 Å². The lowest BCUT2D eigenvalue weighted by molar-refractivity contribution is -0.148. The normalized spacial score (nSPS) is 11.6. The number of halogens is 4. The number of ketones is 1. The first kappa shape index (κ1) is 25.0. The number of hydrogen-bond acceptors (Lipinski definition) is 5. The van der Waals surface area contributed by atoms with Gasteiger partial charge in [0.15, 0.2) is 5.78 Å². The third-order valence-electron chi connectivity index (χ3n) is 4.11. The number of aromatic hydroxyl groups is 1. The van der Waals surface area contributed by atoms with Gasteiger partial charge in [-0.15, -0.1) is 0 Å². The summed E-state index contributed by atoms with van der Waals surface area (Å²) in [6.07, 6.45) is 0. The van der Waals surface area contributed by atoms with Crippen molar-refractivity contribution in [3.8, 4) is 11.5 Å². The van der Waals surface area contributed by atoms with Gasteiger partial charge in [-0.05, 0) is 126 Å². The van der Waals surface area contributed by atoms with Gasteiger partial charge in [0.05, 0.1) is 10.7 Å². The highest BCUT2D eigenvalue weighted by Crippen LogP contribution is 2.30. The first-order valence-corrected chi connectivity index (χ1v) is 13.3. The predicted molar refractivity (Wildman–Crippen MR) is 151 cm³/mol. The van der Waals surface area contributed by atoms with Gasteiger partial charge in [0.25, 0.3) is 0 Å². The van der Waals surface area contributed by atoms with Crippen LogP contribution < -0.4 is 4.74 Å². The van der Waals surface area contributed by atoms with Gasteiger partial charge in [-0.25, -0.2) is 4.79 Å². The van der Waals surface area contributed by atoms with Crippen molar-refractivity contribution in [1.29, 1.82) is 0 Å². The lowest BCUT2D eigenvalue weighted by Gasteiger charge is -2.14. The van der Waals surface area contributed by atoms with Crippen LogP contribution in [-0.4, -0.2) is 21.0 Å². The Morgan fingerprint density at radius 2 is 1.48 bits per heavy atom. The molecule has 160 valence electrons. The molecule has 0 bridgehead atoms. The van der Waals surface area contributed by atoms with E-state index in [2.05, 4.69) is 22.6 Å². The second-order valence-electron chi connectivity index (χ2n) is 6.29. The number of esters is 1. The molecule has 3 aromatic carbocycles. The number of ether oxygens (including phenoxy) is 2. The maximum absolute atomic E-state index is 12.9. The fourth-order valence-corrected chi connectivity index (χ4v) is 5.42. The minimum absolute atomic E-state index is 0.159. The van der Waals surface area contributed by atoms with E-state index in [0.29, 0.717) is 27.6 Å². The summed E-state index contributed by atoms with van der Waals surface area (Å²) in [5.41, 5.74) is 1.88. The van der Waals surface area contributed by atoms with Crippen LogP contribution in [0.4, 0.5) is 0 Å². The minimum atomic E-state index is -0.823. The molecule has 0 aromatic heterocycles. The average Bonchev–Trinajstić information content (AvgIpc) is 2.76. The first-order chi connectivity index (χ1) is 14.8. The molecule has 0 heterocycles. The van der Waals surface area contributed by atoms with Gasteiger partial charge >= 0.3 is 5.97 Å². The molecular weight excluding hydrogens is 852 g/mol. The van der Waals surface area contributed by atoms with Crippen molar-refractivity contribution >= 4 is 102 Å². The summed E-state index contributed by atoms with van der Waals surface area (Å²) in [6, 6.07) is 17.8. The second-order valence-corrected chi connectivity index (χ2v) is 10.9. The lowest BCUT2D eigenvalue weighted by atomic mass is 10.0. The zero-order chi connectivity index (χ0) is 22.5. The summed E-state index contributed by atoms with van der Waals surface area (Å²) < 4.78 is 12.2. The van der Waals surface area contributed by atoms with Crippen molar-refractivity contribution in [2.24, 2.45) is 0 Å². The van der Waals surface area contributed by atoms with E-state index >= 15 is 0 Å². The standard InChI is InChI=1S/C22H14I4O5/c23-15-8-13(19(27)14-9-16(24)20(28)17(25)10-14)6-7-18(15)31-21(26)22(29)30-11-12-4-2-1-3-5-12/h1-10,21,28H,11H2. The molecule has 0 amide bonds. The van der Waals surface area contributed by atoms with Crippen LogP contribution in [0.2, 0.25) is 0 Å². The van der Waals surface area contributed by atoms with E-state index in [1.54, 1.807) is 30.3 Å². The van der Waals surface area contributed by atoms with E-state index in [1.165, 1.54) is 0 Å². The molecule has 0 saturated heterocycles. The number of phenolic OH excluding ortho intramolecular Hbond substituents is 1. The fraction of sp³-hybridized carbons (Fsp3) is 0.0909. The van der Waals surface area contributed by atoms with Gasteiger partial charge in [-0.2, -0.15) is 0 Å². The SMILES string of the molecule is O=C(c1ccc(OC(I)C(=O)OCc2ccccc2)c(I)c1)c1cc(I)c(O)c(I)c1. The van der Waals surface area contributed by atoms with Gasteiger partial charge < -0.3 is 14.6 Å². The molecule has 0 spiro atoms. The Morgan fingerprint density at radius 1 is 0.871 bits per heavy atom. The van der Waals surface area contributed by atoms with Crippen LogP contribution in [0.15, 0.2) is 60.7 Å². The Morgan fingerprint density at radius 3 is 2.10 bits per heavy atom. The van der Waals surface area contributed by atoms with Crippen molar-refractivity contribution in [1.82, 2.24) is 0 Å². The summed E-state index contributed by atoms with van der Waals surface area (Å²) >= 11 is 7.94. The molecule has 1 N–H and O–H groups in total. The Labute approximate surface area is 233 Å². The van der Waals surface area contributed by atoms with Crippen LogP contribution in [0, 0.1) is 10.7 Å². The van der Waals surface area contributed by atoms with Crippen LogP contribution in [0.5, 0.6) is 11.5 Å². The highest BCUT2D eigenvalue weighted by Gasteiger charge is 2.21. The summed E-state index contributed by atoms with van der Waals surface area (Å²) in [5, 5.41) is 9.91. The monoisotopic (exact) mass is 866 g/mol. The molecule has 1 atom stereocenters. The van der Waals surface area contributed by atoms with Crippen molar-refractivity contribution in [2.75, 3.05) is 0 Å². The van der Waals surface area contributed by atoms with Gasteiger partial charge in [0.2, 0.25) is 4.11 Å². The smallest absolute Gasteiger partial charge is 0.358 e. The summed E-state index contributed by atoms with van der Waals surface area (Å²) in [6.45, 7) is 0.178. The first-order valence-electron chi connectivity index (χ1n) is 8.80. The maximum Gasteiger partial charge on any atom is 0.358 e. The second kappa shape index (κ2) is 11.4. The zero-order valence-corrected chi connectivity index (χ0v) is 24.3. The number of carbonyl (C=O) groups is 2. The van der Waals surface area contributed by atoms with Crippen LogP contribution in [0.1, 0.15) is 21.5 Å². The molecule has 5 nitrogen and oxygen atoms in total. The van der Waals surface area contributed by atoms with E-state index in [0.717, 1.165) is 5.56 Å². The molecule has 1 unspecified atom stereocenters. The zero-order valence-electron chi connectivity index (χ0n) is 15.7. The molecule has 0 aliphatic heterocycles. The number of hydrogen-bond donors (Lipinski definition) is 1. The fourth-order valence-electron chi connectivity index (χ4n) is 2.55. The lowest BCUT2D eigenvalue weighted by Crippen LogP contribution is -2.23. The topological polar surface area (TPSA) is 72.8 Å². The highest BCUT2D eigenvalue weighted by atomic mass is 127. The minimum Gasteiger partial charge on any atom is -0.506 e. The van der Waals surface area contributed by atoms with E-state index < -0.39 is 10.1 Å². The summed E-state index contributed by atoms with van der Waals surface area (Å²) in [5.74, 6) is 0.0219. The third-order valence-corrected chi connectivity index (χ3v) is 7.36. The average molecular weight is 866 g/mol. The molecular formula is C22H14I4O5. The number of rotatable bonds is 7. The molecule has 9 heteroatoms. The quantitative estimate of drug-likeness (QED) is 0.130. The highest BCUT2D eigenvalue weighted by molar-refractivity contribution is 14.1. The van der Waals surface area contributed by atoms with Gasteiger partial charge in [0.1, 0.15) is 18.1 Å². The third kappa shape index (κ3) is 6.66. The Hall–Kier alpha value is -0.680. The van der Waals surface area contributed by atoms with Crippen LogP contribution in [-0.2, 0) is 16.1 Å². The number of phenols is 1. The molecule has 3 rings (SSSR count). The molecule has 31 heavy (non-hydrogen) atoms. The van der Waals surface area contributed by atoms with E-state index in [1.807, 2.05) is 98.1 Å². The Bertz CT molecular complexity index is 1100. The molecule has 0 radical (unpaired) electrons. The number of alkyl halides is 1. The van der Waals surface area contributed by atoms with E-state index in [-0.39, 0.29) is 18.1 Å². The summed E-state index contributed by atoms with van der Waals surface area (Å²) in [4.78, 5) is 25.1. The van der Waals surface area contributed by atoms with E-state index in [4.69, 9.17) is 9.47 Å². The van der Waals surface area contributed by atoms with Gasteiger partial charge in [-0.3, -0.25) is 4.79 Å². The van der Waals surface area contributed by atoms with Crippen molar-refractivity contribution in [3.05, 3.63) is 88.1 Å². The number of benzene rings is 3. The van der Waals surface area contributed by atoms with Crippen LogP contribution in [0.25, 0.3) is 0 Å². The summed E-state index contributed by atoms with van der Waals surface area (Å²) in [7, 11) is 0. The van der Waals surface area contributed by atoms with Crippen LogP contribution >= 0.6 is 90.4 Å². The van der Waals surface area contributed by atoms with Crippen molar-refractivity contribution in [2.45, 2.75) is 10.7 Å². The maximum atomic E-state index is 12.9. The molecule has 0 fully saturated rings. The largest absolute Gasteiger partial charge is 0.506 e.